The molecule has 6 nitrogen and oxygen atoms in total. The molecule has 3 rings (SSSR count). The van der Waals surface area contributed by atoms with Crippen molar-refractivity contribution < 1.29 is 4.74 Å². The Bertz CT molecular complexity index is 723. The van der Waals surface area contributed by atoms with Crippen LogP contribution in [-0.4, -0.2) is 53.4 Å². The molecule has 0 atom stereocenters. The van der Waals surface area contributed by atoms with E-state index < -0.39 is 0 Å². The van der Waals surface area contributed by atoms with Gasteiger partial charge >= 0.3 is 5.69 Å². The van der Waals surface area contributed by atoms with Crippen LogP contribution in [0.1, 0.15) is 12.0 Å². The molecule has 25 heavy (non-hydrogen) atoms. The highest BCUT2D eigenvalue weighted by molar-refractivity contribution is 5.85. The number of nitrogens with zero attached hydrogens (tertiary/aromatic N) is 3. The van der Waals surface area contributed by atoms with Crippen LogP contribution in [0.2, 0.25) is 0 Å². The van der Waals surface area contributed by atoms with E-state index in [1.165, 1.54) is 5.56 Å². The Hall–Kier alpha value is -1.05. The maximum absolute atomic E-state index is 11.9. The molecule has 0 saturated carbocycles. The number of ether oxygens (including phenoxy) is 1. The number of fused-ring (bicyclic) bond motifs is 1. The van der Waals surface area contributed by atoms with E-state index in [4.69, 9.17) is 4.74 Å². The van der Waals surface area contributed by atoms with E-state index in [0.29, 0.717) is 0 Å². The van der Waals surface area contributed by atoms with Crippen LogP contribution < -0.4 is 11.0 Å². The number of morpholine rings is 1. The number of imidazole rings is 1. The van der Waals surface area contributed by atoms with Gasteiger partial charge in [0.1, 0.15) is 0 Å². The highest BCUT2D eigenvalue weighted by Gasteiger charge is 2.09. The van der Waals surface area contributed by atoms with Gasteiger partial charge in [-0.25, -0.2) is 4.79 Å². The summed E-state index contributed by atoms with van der Waals surface area (Å²) in [5.41, 5.74) is 3.21. The number of hydrogen-bond donors (Lipinski definition) is 1. The van der Waals surface area contributed by atoms with E-state index in [2.05, 4.69) is 22.3 Å². The molecule has 0 unspecified atom stereocenters. The van der Waals surface area contributed by atoms with Crippen LogP contribution >= 0.6 is 24.8 Å². The topological polar surface area (TPSA) is 51.4 Å². The molecule has 1 aromatic carbocycles. The van der Waals surface area contributed by atoms with Crippen molar-refractivity contribution in [2.75, 3.05) is 39.4 Å². The van der Waals surface area contributed by atoms with Crippen LogP contribution in [0.25, 0.3) is 11.0 Å². The van der Waals surface area contributed by atoms with Crippen molar-refractivity contribution in [3.05, 3.63) is 34.2 Å². The highest BCUT2D eigenvalue weighted by Crippen LogP contribution is 2.13. The SMILES string of the molecule is Cl.Cl.Cn1c(=O)n(C)c2cc(CNCCCN3CCOCC3)ccc21. The maximum atomic E-state index is 11.9. The molecule has 0 spiro atoms. The Morgan fingerprint density at radius 1 is 1.08 bits per heavy atom. The van der Waals surface area contributed by atoms with Crippen molar-refractivity contribution in [1.82, 2.24) is 19.4 Å². The van der Waals surface area contributed by atoms with Gasteiger partial charge in [-0.2, -0.15) is 0 Å². The number of aromatic nitrogens is 2. The molecule has 1 fully saturated rings. The van der Waals surface area contributed by atoms with E-state index in [0.717, 1.165) is 63.4 Å². The summed E-state index contributed by atoms with van der Waals surface area (Å²) < 4.78 is 8.75. The standard InChI is InChI=1S/C17H26N4O2.2ClH/c1-19-15-5-4-14(12-16(15)20(2)17(19)22)13-18-6-3-7-21-8-10-23-11-9-21;;/h4-5,12,18H,3,6-11,13H2,1-2H3;2*1H. The third kappa shape index (κ3) is 5.21. The first-order valence-electron chi connectivity index (χ1n) is 8.32. The van der Waals surface area contributed by atoms with Crippen molar-refractivity contribution in [3.63, 3.8) is 0 Å². The molecular formula is C17H28Cl2N4O2. The zero-order valence-electron chi connectivity index (χ0n) is 14.9. The zero-order chi connectivity index (χ0) is 16.2. The largest absolute Gasteiger partial charge is 0.379 e. The summed E-state index contributed by atoms with van der Waals surface area (Å²) in [6.07, 6.45) is 1.14. The van der Waals surface area contributed by atoms with E-state index >= 15 is 0 Å². The number of nitrogens with one attached hydrogen (secondary N) is 1. The van der Waals surface area contributed by atoms with Gasteiger partial charge in [-0.15, -0.1) is 24.8 Å². The van der Waals surface area contributed by atoms with Gasteiger partial charge < -0.3 is 10.1 Å². The number of aryl methyl sites for hydroxylation is 2. The van der Waals surface area contributed by atoms with Gasteiger partial charge in [0.15, 0.2) is 0 Å². The van der Waals surface area contributed by atoms with Crippen LogP contribution in [0, 0.1) is 0 Å². The van der Waals surface area contributed by atoms with Gasteiger partial charge in [-0.05, 0) is 37.2 Å². The van der Waals surface area contributed by atoms with Crippen molar-refractivity contribution >= 4 is 35.8 Å². The molecule has 1 aliphatic heterocycles. The molecule has 0 bridgehead atoms. The first-order valence-corrected chi connectivity index (χ1v) is 8.32. The number of hydrogen-bond acceptors (Lipinski definition) is 4. The summed E-state index contributed by atoms with van der Waals surface area (Å²) in [5.74, 6) is 0. The van der Waals surface area contributed by atoms with Gasteiger partial charge in [-0.3, -0.25) is 14.0 Å². The quantitative estimate of drug-likeness (QED) is 0.759. The fourth-order valence-corrected chi connectivity index (χ4v) is 3.15. The summed E-state index contributed by atoms with van der Waals surface area (Å²) in [6, 6.07) is 6.23. The molecule has 8 heteroatoms. The number of halogens is 2. The average molecular weight is 391 g/mol. The summed E-state index contributed by atoms with van der Waals surface area (Å²) in [6.45, 7) is 6.80. The molecular weight excluding hydrogens is 363 g/mol. The third-order valence-corrected chi connectivity index (χ3v) is 4.60. The fraction of sp³-hybridized carbons (Fsp3) is 0.588. The molecule has 1 aromatic heterocycles. The summed E-state index contributed by atoms with van der Waals surface area (Å²) in [7, 11) is 3.64. The molecule has 0 amide bonds. The Balaban J connectivity index is 0.00000156. The maximum Gasteiger partial charge on any atom is 0.328 e. The third-order valence-electron chi connectivity index (χ3n) is 4.60. The van der Waals surface area contributed by atoms with E-state index in [9.17, 15) is 4.79 Å². The van der Waals surface area contributed by atoms with Crippen LogP contribution in [0.5, 0.6) is 0 Å². The molecule has 2 heterocycles. The molecule has 1 N–H and O–H groups in total. The Labute approximate surface area is 160 Å². The lowest BCUT2D eigenvalue weighted by molar-refractivity contribution is 0.0374. The average Bonchev–Trinajstić information content (AvgIpc) is 2.80. The molecule has 0 aliphatic carbocycles. The van der Waals surface area contributed by atoms with Crippen LogP contribution in [0.15, 0.2) is 23.0 Å². The van der Waals surface area contributed by atoms with Crippen molar-refractivity contribution in [2.24, 2.45) is 14.1 Å². The zero-order valence-corrected chi connectivity index (χ0v) is 16.5. The van der Waals surface area contributed by atoms with Crippen LogP contribution in [0.4, 0.5) is 0 Å². The van der Waals surface area contributed by atoms with E-state index in [-0.39, 0.29) is 30.5 Å². The summed E-state index contributed by atoms with van der Waals surface area (Å²) in [5, 5.41) is 3.49. The number of benzene rings is 1. The molecule has 142 valence electrons. The van der Waals surface area contributed by atoms with Gasteiger partial charge in [0.05, 0.1) is 24.2 Å². The number of rotatable bonds is 6. The first-order chi connectivity index (χ1) is 11.2. The monoisotopic (exact) mass is 390 g/mol. The van der Waals surface area contributed by atoms with E-state index in [1.54, 1.807) is 9.13 Å². The second kappa shape index (κ2) is 10.2. The van der Waals surface area contributed by atoms with Crippen molar-refractivity contribution in [1.29, 1.82) is 0 Å². The summed E-state index contributed by atoms with van der Waals surface area (Å²) >= 11 is 0. The Kier molecular flexibility index (Phi) is 8.96. The summed E-state index contributed by atoms with van der Waals surface area (Å²) in [4.78, 5) is 14.4. The second-order valence-corrected chi connectivity index (χ2v) is 6.21. The Morgan fingerprint density at radius 3 is 2.48 bits per heavy atom. The minimum Gasteiger partial charge on any atom is -0.379 e. The Morgan fingerprint density at radius 2 is 1.76 bits per heavy atom. The molecule has 1 aliphatic rings. The predicted octanol–water partition coefficient (Wildman–Crippen LogP) is 1.53. The molecule has 2 aromatic rings. The minimum absolute atomic E-state index is 0. The normalized spacial score (nSPS) is 15.0. The van der Waals surface area contributed by atoms with Gasteiger partial charge in [-0.1, -0.05) is 6.07 Å². The van der Waals surface area contributed by atoms with Gasteiger partial charge in [0.25, 0.3) is 0 Å². The lowest BCUT2D eigenvalue weighted by atomic mass is 10.2. The second-order valence-electron chi connectivity index (χ2n) is 6.21. The lowest BCUT2D eigenvalue weighted by Crippen LogP contribution is -2.37. The smallest absolute Gasteiger partial charge is 0.328 e. The lowest BCUT2D eigenvalue weighted by Gasteiger charge is -2.26. The predicted molar refractivity (Wildman–Crippen MR) is 106 cm³/mol. The molecule has 1 saturated heterocycles. The van der Waals surface area contributed by atoms with Crippen LogP contribution in [0.3, 0.4) is 0 Å². The fourth-order valence-electron chi connectivity index (χ4n) is 3.15. The molecule has 0 radical (unpaired) electrons. The van der Waals surface area contributed by atoms with Crippen LogP contribution in [-0.2, 0) is 25.4 Å². The first kappa shape index (κ1) is 22.0. The van der Waals surface area contributed by atoms with Gasteiger partial charge in [0, 0.05) is 33.7 Å². The minimum atomic E-state index is 0. The van der Waals surface area contributed by atoms with Crippen molar-refractivity contribution in [2.45, 2.75) is 13.0 Å². The van der Waals surface area contributed by atoms with E-state index in [1.807, 2.05) is 20.2 Å². The van der Waals surface area contributed by atoms with Gasteiger partial charge in [0.2, 0.25) is 0 Å². The van der Waals surface area contributed by atoms with Crippen molar-refractivity contribution in [3.8, 4) is 0 Å². The highest BCUT2D eigenvalue weighted by atomic mass is 35.5.